The van der Waals surface area contributed by atoms with Crippen LogP contribution in [0, 0.1) is 0 Å². The van der Waals surface area contributed by atoms with E-state index in [4.69, 9.17) is 21.1 Å². The Morgan fingerprint density at radius 2 is 1.83 bits per heavy atom. The zero-order valence-corrected chi connectivity index (χ0v) is 14.4. The molecule has 2 atom stereocenters. The summed E-state index contributed by atoms with van der Waals surface area (Å²) in [6, 6.07) is 5.80. The molecule has 0 radical (unpaired) electrons. The lowest BCUT2D eigenvalue weighted by atomic mass is 10.1. The van der Waals surface area contributed by atoms with Crippen LogP contribution in [-0.2, 0) is 20.9 Å². The van der Waals surface area contributed by atoms with Crippen molar-refractivity contribution in [2.45, 2.75) is 52.0 Å². The maximum atomic E-state index is 11.7. The molecule has 0 bridgehead atoms. The predicted octanol–water partition coefficient (Wildman–Crippen LogP) is 3.22. The van der Waals surface area contributed by atoms with Crippen LogP contribution in [0.2, 0.25) is 5.02 Å². The number of carbonyl (C=O) groups is 2. The van der Waals surface area contributed by atoms with Gasteiger partial charge in [-0.2, -0.15) is 0 Å². The lowest BCUT2D eigenvalue weighted by Crippen LogP contribution is -2.50. The van der Waals surface area contributed by atoms with Gasteiger partial charge in [0.25, 0.3) is 0 Å². The van der Waals surface area contributed by atoms with E-state index in [0.717, 1.165) is 5.56 Å². The third kappa shape index (κ3) is 7.34. The fourth-order valence-corrected chi connectivity index (χ4v) is 1.84. The molecule has 7 heteroatoms. The number of alkyl carbamates (subject to hydrolysis) is 1. The van der Waals surface area contributed by atoms with E-state index in [1.165, 1.54) is 0 Å². The normalized spacial score (nSPS) is 14.0. The molecule has 1 aromatic rings. The molecule has 0 aliphatic heterocycles. The Bertz CT molecular complexity index is 538. The lowest BCUT2D eigenvalue weighted by Gasteiger charge is -2.25. The number of nitrogens with one attached hydrogen (secondary N) is 1. The van der Waals surface area contributed by atoms with Gasteiger partial charge in [-0.05, 0) is 45.4 Å². The second kappa shape index (κ2) is 8.17. The van der Waals surface area contributed by atoms with Crippen LogP contribution in [-0.4, -0.2) is 34.9 Å². The average Bonchev–Trinajstić information content (AvgIpc) is 2.41. The highest BCUT2D eigenvalue weighted by Crippen LogP contribution is 2.12. The number of halogens is 1. The van der Waals surface area contributed by atoms with E-state index < -0.39 is 29.8 Å². The Kier molecular flexibility index (Phi) is 6.84. The Labute approximate surface area is 140 Å². The highest BCUT2D eigenvalue weighted by Gasteiger charge is 2.29. The summed E-state index contributed by atoms with van der Waals surface area (Å²) in [5, 5.41) is 12.2. The Morgan fingerprint density at radius 3 is 2.30 bits per heavy atom. The first-order valence-corrected chi connectivity index (χ1v) is 7.54. The number of benzene rings is 1. The van der Waals surface area contributed by atoms with E-state index in [1.54, 1.807) is 52.0 Å². The minimum atomic E-state index is -1.21. The molecule has 0 aromatic heterocycles. The molecule has 23 heavy (non-hydrogen) atoms. The van der Waals surface area contributed by atoms with Crippen molar-refractivity contribution in [3.8, 4) is 0 Å². The minimum absolute atomic E-state index is 0.206. The molecule has 0 aliphatic rings. The molecule has 0 unspecified atom stereocenters. The van der Waals surface area contributed by atoms with Gasteiger partial charge in [0, 0.05) is 5.02 Å². The summed E-state index contributed by atoms with van der Waals surface area (Å²) in [4.78, 5) is 23.1. The number of amides is 1. The monoisotopic (exact) mass is 343 g/mol. The van der Waals surface area contributed by atoms with Crippen LogP contribution in [0.1, 0.15) is 33.3 Å². The van der Waals surface area contributed by atoms with Crippen molar-refractivity contribution in [2.75, 3.05) is 0 Å². The first-order valence-electron chi connectivity index (χ1n) is 7.17. The Hall–Kier alpha value is -1.79. The quantitative estimate of drug-likeness (QED) is 0.828. The molecule has 1 rings (SSSR count). The van der Waals surface area contributed by atoms with Crippen LogP contribution in [0.4, 0.5) is 4.79 Å². The van der Waals surface area contributed by atoms with Crippen molar-refractivity contribution in [1.82, 2.24) is 5.32 Å². The van der Waals surface area contributed by atoms with Gasteiger partial charge in [0.05, 0.1) is 12.7 Å². The van der Waals surface area contributed by atoms with Gasteiger partial charge in [-0.15, -0.1) is 0 Å². The van der Waals surface area contributed by atoms with Gasteiger partial charge in [0.15, 0.2) is 6.04 Å². The predicted molar refractivity (Wildman–Crippen MR) is 86.5 cm³/mol. The minimum Gasteiger partial charge on any atom is -0.480 e. The van der Waals surface area contributed by atoms with Gasteiger partial charge in [-0.3, -0.25) is 0 Å². The Morgan fingerprint density at radius 1 is 1.26 bits per heavy atom. The van der Waals surface area contributed by atoms with E-state index in [-0.39, 0.29) is 6.61 Å². The van der Waals surface area contributed by atoms with Crippen molar-refractivity contribution in [1.29, 1.82) is 0 Å². The zero-order valence-electron chi connectivity index (χ0n) is 13.6. The summed E-state index contributed by atoms with van der Waals surface area (Å²) in [5.41, 5.74) is 0.142. The van der Waals surface area contributed by atoms with Crippen molar-refractivity contribution < 1.29 is 24.2 Å². The number of rotatable bonds is 6. The molecule has 0 spiro atoms. The van der Waals surface area contributed by atoms with Gasteiger partial charge in [-0.1, -0.05) is 23.7 Å². The van der Waals surface area contributed by atoms with Crippen LogP contribution in [0.25, 0.3) is 0 Å². The Balaban J connectivity index is 2.60. The van der Waals surface area contributed by atoms with E-state index in [0.29, 0.717) is 5.02 Å². The molecule has 0 heterocycles. The molecular formula is C16H22ClNO5. The summed E-state index contributed by atoms with van der Waals surface area (Å²) < 4.78 is 10.6. The number of hydrogen-bond donors (Lipinski definition) is 2. The van der Waals surface area contributed by atoms with Crippen LogP contribution in [0.5, 0.6) is 0 Å². The van der Waals surface area contributed by atoms with E-state index in [1.807, 2.05) is 0 Å². The van der Waals surface area contributed by atoms with Crippen molar-refractivity contribution >= 4 is 23.7 Å². The maximum Gasteiger partial charge on any atom is 0.408 e. The summed E-state index contributed by atoms with van der Waals surface area (Å²) in [6.45, 7) is 6.87. The topological polar surface area (TPSA) is 84.9 Å². The van der Waals surface area contributed by atoms with Gasteiger partial charge in [-0.25, -0.2) is 9.59 Å². The van der Waals surface area contributed by atoms with Crippen LogP contribution in [0.3, 0.4) is 0 Å². The second-order valence-corrected chi connectivity index (χ2v) is 6.54. The van der Waals surface area contributed by atoms with Gasteiger partial charge >= 0.3 is 12.1 Å². The molecule has 1 aromatic carbocycles. The van der Waals surface area contributed by atoms with Crippen LogP contribution in [0.15, 0.2) is 24.3 Å². The smallest absolute Gasteiger partial charge is 0.408 e. The second-order valence-electron chi connectivity index (χ2n) is 6.10. The number of carboxylic acids is 1. The SMILES string of the molecule is C[C@H](OCc1ccc(Cl)cc1)[C@H](NC(=O)OC(C)(C)C)C(=O)O. The first-order chi connectivity index (χ1) is 10.6. The fraction of sp³-hybridized carbons (Fsp3) is 0.500. The zero-order chi connectivity index (χ0) is 17.6. The van der Waals surface area contributed by atoms with Crippen LogP contribution < -0.4 is 5.32 Å². The van der Waals surface area contributed by atoms with E-state index in [9.17, 15) is 14.7 Å². The fourth-order valence-electron chi connectivity index (χ4n) is 1.72. The summed E-state index contributed by atoms with van der Waals surface area (Å²) >= 11 is 5.80. The molecule has 0 saturated carbocycles. The number of carboxylic acid groups (broad SMARTS) is 1. The third-order valence-corrected chi connectivity index (χ3v) is 3.09. The van der Waals surface area contributed by atoms with Crippen molar-refractivity contribution in [3.63, 3.8) is 0 Å². The lowest BCUT2D eigenvalue weighted by molar-refractivity contribution is -0.143. The van der Waals surface area contributed by atoms with E-state index in [2.05, 4.69) is 5.32 Å². The van der Waals surface area contributed by atoms with Gasteiger partial charge in [0.1, 0.15) is 5.60 Å². The molecule has 0 saturated heterocycles. The molecule has 2 N–H and O–H groups in total. The molecule has 128 valence electrons. The van der Waals surface area contributed by atoms with Gasteiger partial charge in [0.2, 0.25) is 0 Å². The maximum absolute atomic E-state index is 11.7. The number of carbonyl (C=O) groups excluding carboxylic acids is 1. The van der Waals surface area contributed by atoms with Crippen molar-refractivity contribution in [2.24, 2.45) is 0 Å². The first kappa shape index (κ1) is 19.3. The highest BCUT2D eigenvalue weighted by molar-refractivity contribution is 6.30. The van der Waals surface area contributed by atoms with Gasteiger partial charge < -0.3 is 19.9 Å². The van der Waals surface area contributed by atoms with Crippen LogP contribution >= 0.6 is 11.6 Å². The van der Waals surface area contributed by atoms with Crippen molar-refractivity contribution in [3.05, 3.63) is 34.9 Å². The average molecular weight is 344 g/mol. The number of aliphatic carboxylic acids is 1. The van der Waals surface area contributed by atoms with E-state index >= 15 is 0 Å². The summed E-state index contributed by atoms with van der Waals surface area (Å²) in [5.74, 6) is -1.19. The number of hydrogen-bond acceptors (Lipinski definition) is 4. The number of ether oxygens (including phenoxy) is 2. The summed E-state index contributed by atoms with van der Waals surface area (Å²) in [7, 11) is 0. The standard InChI is InChI=1S/C16H22ClNO5/c1-10(22-9-11-5-7-12(17)8-6-11)13(14(19)20)18-15(21)23-16(2,3)4/h5-8,10,13H,9H2,1-4H3,(H,18,21)(H,19,20)/t10-,13-/m0/s1. The molecule has 6 nitrogen and oxygen atoms in total. The molecule has 1 amide bonds. The summed E-state index contributed by atoms with van der Waals surface area (Å²) in [6.07, 6.45) is -1.54. The molecule has 0 aliphatic carbocycles. The largest absolute Gasteiger partial charge is 0.480 e. The third-order valence-electron chi connectivity index (χ3n) is 2.83. The molecule has 0 fully saturated rings. The highest BCUT2D eigenvalue weighted by atomic mass is 35.5. The molecular weight excluding hydrogens is 322 g/mol.